The number of pyridine rings is 1. The number of hydrogen-bond acceptors (Lipinski definition) is 3. The van der Waals surface area contributed by atoms with Gasteiger partial charge < -0.3 is 5.73 Å². The number of nitrogen functional groups attached to an aromatic ring is 1. The molecular weight excluding hydrogens is 318 g/mol. The van der Waals surface area contributed by atoms with Crippen LogP contribution in [0.2, 0.25) is 5.02 Å². The standard InChI is InChI=1S/C20H14ClN3/c21-14-8-5-13(6-9-14)18-16-10-7-12-3-1-2-4-15(12)19(16)24-20(23)17(18)11-22/h1-6,8-9H,7,10H2,(H2,23,24). The van der Waals surface area contributed by atoms with Crippen LogP contribution in [-0.4, -0.2) is 4.98 Å². The summed E-state index contributed by atoms with van der Waals surface area (Å²) < 4.78 is 0. The molecule has 4 rings (SSSR count). The van der Waals surface area contributed by atoms with Crippen molar-refractivity contribution in [2.75, 3.05) is 5.73 Å². The van der Waals surface area contributed by atoms with Gasteiger partial charge in [0.25, 0.3) is 0 Å². The Bertz CT molecular complexity index is 985. The van der Waals surface area contributed by atoms with E-state index in [-0.39, 0.29) is 5.82 Å². The van der Waals surface area contributed by atoms with E-state index in [9.17, 15) is 5.26 Å². The molecule has 2 N–H and O–H groups in total. The molecule has 0 amide bonds. The molecule has 1 aliphatic rings. The molecule has 0 unspecified atom stereocenters. The molecule has 1 aliphatic carbocycles. The van der Waals surface area contributed by atoms with Crippen molar-refractivity contribution in [1.29, 1.82) is 5.26 Å². The van der Waals surface area contributed by atoms with E-state index in [0.29, 0.717) is 10.6 Å². The fraction of sp³-hybridized carbons (Fsp3) is 0.100. The highest BCUT2D eigenvalue weighted by molar-refractivity contribution is 6.30. The van der Waals surface area contributed by atoms with Crippen LogP contribution in [0, 0.1) is 11.3 Å². The molecule has 0 aliphatic heterocycles. The molecule has 0 spiro atoms. The van der Waals surface area contributed by atoms with Crippen LogP contribution < -0.4 is 5.73 Å². The molecule has 24 heavy (non-hydrogen) atoms. The van der Waals surface area contributed by atoms with Crippen molar-refractivity contribution in [3.63, 3.8) is 0 Å². The van der Waals surface area contributed by atoms with E-state index in [0.717, 1.165) is 40.8 Å². The molecule has 0 bridgehead atoms. The number of hydrogen-bond donors (Lipinski definition) is 1. The molecule has 0 saturated heterocycles. The normalized spacial score (nSPS) is 12.2. The lowest BCUT2D eigenvalue weighted by Crippen LogP contribution is -2.11. The number of benzene rings is 2. The van der Waals surface area contributed by atoms with Crippen LogP contribution in [0.5, 0.6) is 0 Å². The number of anilines is 1. The van der Waals surface area contributed by atoms with Crippen molar-refractivity contribution in [2.45, 2.75) is 12.8 Å². The molecular formula is C20H14ClN3. The Morgan fingerprint density at radius 3 is 2.54 bits per heavy atom. The minimum absolute atomic E-state index is 0.276. The lowest BCUT2D eigenvalue weighted by Gasteiger charge is -2.23. The maximum atomic E-state index is 9.62. The average Bonchev–Trinajstić information content (AvgIpc) is 2.61. The Balaban J connectivity index is 2.05. The van der Waals surface area contributed by atoms with Crippen LogP contribution in [-0.2, 0) is 12.8 Å². The maximum Gasteiger partial charge on any atom is 0.142 e. The van der Waals surface area contributed by atoms with Gasteiger partial charge in [0.1, 0.15) is 17.5 Å². The summed E-state index contributed by atoms with van der Waals surface area (Å²) >= 11 is 6.01. The number of nitrogens with two attached hydrogens (primary N) is 1. The van der Waals surface area contributed by atoms with Crippen molar-refractivity contribution in [3.8, 4) is 28.5 Å². The summed E-state index contributed by atoms with van der Waals surface area (Å²) in [5.41, 5.74) is 12.7. The van der Waals surface area contributed by atoms with E-state index < -0.39 is 0 Å². The van der Waals surface area contributed by atoms with Gasteiger partial charge in [0.05, 0.1) is 5.69 Å². The van der Waals surface area contributed by atoms with Gasteiger partial charge in [-0.2, -0.15) is 5.26 Å². The molecule has 3 nitrogen and oxygen atoms in total. The van der Waals surface area contributed by atoms with Crippen LogP contribution in [0.3, 0.4) is 0 Å². The molecule has 2 aromatic carbocycles. The van der Waals surface area contributed by atoms with E-state index in [4.69, 9.17) is 17.3 Å². The van der Waals surface area contributed by atoms with E-state index in [2.05, 4.69) is 23.2 Å². The van der Waals surface area contributed by atoms with Crippen LogP contribution in [0.1, 0.15) is 16.7 Å². The highest BCUT2D eigenvalue weighted by Gasteiger charge is 2.24. The summed E-state index contributed by atoms with van der Waals surface area (Å²) in [6.07, 6.45) is 1.77. The monoisotopic (exact) mass is 331 g/mol. The predicted octanol–water partition coefficient (Wildman–Crippen LogP) is 4.62. The summed E-state index contributed by atoms with van der Waals surface area (Å²) in [4.78, 5) is 4.56. The molecule has 116 valence electrons. The van der Waals surface area contributed by atoms with Crippen molar-refractivity contribution in [1.82, 2.24) is 4.98 Å². The Morgan fingerprint density at radius 2 is 1.79 bits per heavy atom. The summed E-state index contributed by atoms with van der Waals surface area (Å²) in [6.45, 7) is 0. The van der Waals surface area contributed by atoms with Gasteiger partial charge in [0.15, 0.2) is 0 Å². The van der Waals surface area contributed by atoms with Crippen molar-refractivity contribution >= 4 is 17.4 Å². The second-order valence-corrected chi connectivity index (χ2v) is 6.29. The molecule has 4 heteroatoms. The van der Waals surface area contributed by atoms with Crippen molar-refractivity contribution in [3.05, 3.63) is 70.2 Å². The van der Waals surface area contributed by atoms with E-state index in [1.165, 1.54) is 5.56 Å². The summed E-state index contributed by atoms with van der Waals surface area (Å²) in [6, 6.07) is 18.0. The molecule has 1 heterocycles. The molecule has 1 aromatic heterocycles. The zero-order valence-electron chi connectivity index (χ0n) is 12.9. The van der Waals surface area contributed by atoms with Crippen LogP contribution in [0.4, 0.5) is 5.82 Å². The number of halogens is 1. The van der Waals surface area contributed by atoms with Gasteiger partial charge in [-0.3, -0.25) is 0 Å². The van der Waals surface area contributed by atoms with Crippen molar-refractivity contribution in [2.24, 2.45) is 0 Å². The van der Waals surface area contributed by atoms with Gasteiger partial charge in [-0.1, -0.05) is 48.0 Å². The topological polar surface area (TPSA) is 62.7 Å². The molecule has 3 aromatic rings. The molecule has 0 atom stereocenters. The van der Waals surface area contributed by atoms with E-state index >= 15 is 0 Å². The lowest BCUT2D eigenvalue weighted by molar-refractivity contribution is 0.929. The minimum atomic E-state index is 0.276. The van der Waals surface area contributed by atoms with Gasteiger partial charge in [-0.05, 0) is 41.7 Å². The Hall–Kier alpha value is -2.83. The van der Waals surface area contributed by atoms with E-state index in [1.807, 2.05) is 36.4 Å². The molecule has 0 fully saturated rings. The second-order valence-electron chi connectivity index (χ2n) is 5.85. The van der Waals surface area contributed by atoms with Crippen LogP contribution in [0.25, 0.3) is 22.4 Å². The zero-order chi connectivity index (χ0) is 16.7. The number of fused-ring (bicyclic) bond motifs is 3. The summed E-state index contributed by atoms with van der Waals surface area (Å²) in [5, 5.41) is 10.3. The largest absolute Gasteiger partial charge is 0.383 e. The Morgan fingerprint density at radius 1 is 1.04 bits per heavy atom. The van der Waals surface area contributed by atoms with Crippen LogP contribution >= 0.6 is 11.6 Å². The van der Waals surface area contributed by atoms with Gasteiger partial charge in [0.2, 0.25) is 0 Å². The fourth-order valence-corrected chi connectivity index (χ4v) is 3.51. The quantitative estimate of drug-likeness (QED) is 0.707. The number of nitrogens with zero attached hydrogens (tertiary/aromatic N) is 2. The van der Waals surface area contributed by atoms with Gasteiger partial charge in [0, 0.05) is 16.1 Å². The number of aromatic nitrogens is 1. The third-order valence-electron chi connectivity index (χ3n) is 4.49. The number of rotatable bonds is 1. The molecule has 0 saturated carbocycles. The molecule has 0 radical (unpaired) electrons. The SMILES string of the molecule is N#Cc1c(N)nc2c(c1-c1ccc(Cl)cc1)CCc1ccccc1-2. The Labute approximate surface area is 145 Å². The zero-order valence-corrected chi connectivity index (χ0v) is 13.6. The minimum Gasteiger partial charge on any atom is -0.383 e. The smallest absolute Gasteiger partial charge is 0.142 e. The predicted molar refractivity (Wildman–Crippen MR) is 96.7 cm³/mol. The third-order valence-corrected chi connectivity index (χ3v) is 4.74. The van der Waals surface area contributed by atoms with Crippen LogP contribution in [0.15, 0.2) is 48.5 Å². The number of aryl methyl sites for hydroxylation is 1. The highest BCUT2D eigenvalue weighted by atomic mass is 35.5. The first-order chi connectivity index (χ1) is 11.7. The first-order valence-electron chi connectivity index (χ1n) is 7.75. The highest BCUT2D eigenvalue weighted by Crippen LogP contribution is 2.41. The maximum absolute atomic E-state index is 9.62. The first-order valence-corrected chi connectivity index (χ1v) is 8.13. The second kappa shape index (κ2) is 5.67. The van der Waals surface area contributed by atoms with Gasteiger partial charge >= 0.3 is 0 Å². The summed E-state index contributed by atoms with van der Waals surface area (Å²) in [5.74, 6) is 0.276. The average molecular weight is 332 g/mol. The van der Waals surface area contributed by atoms with Gasteiger partial charge in [-0.15, -0.1) is 0 Å². The Kier molecular flexibility index (Phi) is 3.48. The van der Waals surface area contributed by atoms with Crippen molar-refractivity contribution < 1.29 is 0 Å². The van der Waals surface area contributed by atoms with Gasteiger partial charge in [-0.25, -0.2) is 4.98 Å². The lowest BCUT2D eigenvalue weighted by atomic mass is 9.83. The van der Waals surface area contributed by atoms with E-state index in [1.54, 1.807) is 0 Å². The first kappa shape index (κ1) is 14.7. The number of nitriles is 1. The summed E-state index contributed by atoms with van der Waals surface area (Å²) in [7, 11) is 0. The third kappa shape index (κ3) is 2.24. The fourth-order valence-electron chi connectivity index (χ4n) is 3.38.